The molecule has 0 amide bonds. The fraction of sp³-hybridized carbons (Fsp3) is 0.286. The van der Waals surface area contributed by atoms with Crippen LogP contribution in [-0.4, -0.2) is 34.2 Å². The summed E-state index contributed by atoms with van der Waals surface area (Å²) in [4.78, 5) is 15.0. The number of anilines is 1. The highest BCUT2D eigenvalue weighted by molar-refractivity contribution is 6.30. The van der Waals surface area contributed by atoms with Crippen LogP contribution >= 0.6 is 11.6 Å². The van der Waals surface area contributed by atoms with Crippen molar-refractivity contribution in [1.82, 2.24) is 15.0 Å². The van der Waals surface area contributed by atoms with Crippen LogP contribution < -0.4 is 4.90 Å². The van der Waals surface area contributed by atoms with Crippen LogP contribution in [0.25, 0.3) is 22.6 Å². The molecule has 8 heteroatoms. The Bertz CT molecular complexity index is 977. The highest BCUT2D eigenvalue weighted by Crippen LogP contribution is 2.35. The van der Waals surface area contributed by atoms with E-state index < -0.39 is 12.1 Å². The molecule has 1 aliphatic rings. The lowest BCUT2D eigenvalue weighted by atomic mass is 9.97. The molecule has 0 aliphatic carbocycles. The van der Waals surface area contributed by atoms with E-state index in [0.29, 0.717) is 40.9 Å². The zero-order valence-electron chi connectivity index (χ0n) is 15.4. The van der Waals surface area contributed by atoms with Gasteiger partial charge in [0.1, 0.15) is 5.82 Å². The third-order valence-electron chi connectivity index (χ3n) is 4.98. The van der Waals surface area contributed by atoms with Gasteiger partial charge in [0.25, 0.3) is 0 Å². The van der Waals surface area contributed by atoms with Gasteiger partial charge in [-0.05, 0) is 37.1 Å². The molecule has 4 nitrogen and oxygen atoms in total. The summed E-state index contributed by atoms with van der Waals surface area (Å²) in [6.07, 6.45) is -0.320. The van der Waals surface area contributed by atoms with Gasteiger partial charge in [0, 0.05) is 47.7 Å². The molecule has 0 spiro atoms. The Kier molecular flexibility index (Phi) is 5.41. The fourth-order valence-electron chi connectivity index (χ4n) is 3.44. The molecule has 150 valence electrons. The Morgan fingerprint density at radius 2 is 1.83 bits per heavy atom. The van der Waals surface area contributed by atoms with Gasteiger partial charge in [-0.3, -0.25) is 4.98 Å². The Hall–Kier alpha value is -2.67. The summed E-state index contributed by atoms with van der Waals surface area (Å²) in [5.74, 6) is -0.445. The van der Waals surface area contributed by atoms with Crippen molar-refractivity contribution in [2.75, 3.05) is 18.0 Å². The summed E-state index contributed by atoms with van der Waals surface area (Å²) in [6.45, 7) is 0.420. The summed E-state index contributed by atoms with van der Waals surface area (Å²) >= 11 is 5.98. The lowest BCUT2D eigenvalue weighted by Crippen LogP contribution is -2.42. The Morgan fingerprint density at radius 1 is 1.03 bits per heavy atom. The van der Waals surface area contributed by atoms with Gasteiger partial charge >= 0.3 is 6.18 Å². The number of hydrogen-bond acceptors (Lipinski definition) is 4. The molecule has 3 heterocycles. The number of hydrogen-bond donors (Lipinski definition) is 0. The first-order chi connectivity index (χ1) is 13.9. The fourth-order valence-corrected chi connectivity index (χ4v) is 3.57. The molecule has 1 atom stereocenters. The molecule has 3 aromatic rings. The second-order valence-corrected chi connectivity index (χ2v) is 7.45. The average Bonchev–Trinajstić information content (AvgIpc) is 2.74. The third-order valence-corrected chi connectivity index (χ3v) is 5.23. The predicted molar refractivity (Wildman–Crippen MR) is 107 cm³/mol. The summed E-state index contributed by atoms with van der Waals surface area (Å²) in [6, 6.07) is 12.5. The maximum atomic E-state index is 13.3. The minimum absolute atomic E-state index is 0.104. The maximum Gasteiger partial charge on any atom is 0.393 e. The molecule has 1 unspecified atom stereocenters. The second kappa shape index (κ2) is 7.99. The van der Waals surface area contributed by atoms with Crippen molar-refractivity contribution in [3.8, 4) is 22.6 Å². The van der Waals surface area contributed by atoms with E-state index in [2.05, 4.69) is 15.0 Å². The van der Waals surface area contributed by atoms with E-state index in [9.17, 15) is 13.2 Å². The molecule has 1 aromatic carbocycles. The van der Waals surface area contributed by atoms with Crippen molar-refractivity contribution >= 4 is 17.4 Å². The topological polar surface area (TPSA) is 41.9 Å². The molecule has 1 saturated heterocycles. The van der Waals surface area contributed by atoms with Crippen molar-refractivity contribution in [2.24, 2.45) is 5.92 Å². The molecule has 4 rings (SSSR count). The minimum atomic E-state index is -4.21. The number of benzene rings is 1. The Morgan fingerprint density at radius 3 is 2.52 bits per heavy atom. The van der Waals surface area contributed by atoms with E-state index >= 15 is 0 Å². The van der Waals surface area contributed by atoms with E-state index in [1.165, 1.54) is 0 Å². The van der Waals surface area contributed by atoms with Crippen LogP contribution in [0, 0.1) is 5.92 Å². The Balaban J connectivity index is 1.76. The molecule has 0 saturated carbocycles. The van der Waals surface area contributed by atoms with Crippen molar-refractivity contribution < 1.29 is 13.2 Å². The van der Waals surface area contributed by atoms with Crippen molar-refractivity contribution in [3.05, 3.63) is 59.9 Å². The molecular weight excluding hydrogens is 401 g/mol. The van der Waals surface area contributed by atoms with Crippen molar-refractivity contribution in [1.29, 1.82) is 0 Å². The molecule has 1 aliphatic heterocycles. The normalized spacial score (nSPS) is 17.4. The van der Waals surface area contributed by atoms with Crippen LogP contribution in [0.4, 0.5) is 19.0 Å². The molecule has 1 fully saturated rings. The second-order valence-electron chi connectivity index (χ2n) is 7.01. The van der Waals surface area contributed by atoms with Crippen molar-refractivity contribution in [2.45, 2.75) is 19.0 Å². The number of rotatable bonds is 3. The smallest absolute Gasteiger partial charge is 0.356 e. The number of piperidine rings is 1. The maximum absolute atomic E-state index is 13.3. The largest absolute Gasteiger partial charge is 0.393 e. The van der Waals surface area contributed by atoms with E-state index in [0.717, 1.165) is 5.56 Å². The lowest BCUT2D eigenvalue weighted by Gasteiger charge is -2.34. The van der Waals surface area contributed by atoms with Crippen LogP contribution in [0.3, 0.4) is 0 Å². The lowest BCUT2D eigenvalue weighted by molar-refractivity contribution is -0.176. The monoisotopic (exact) mass is 418 g/mol. The predicted octanol–water partition coefficient (Wildman–Crippen LogP) is 5.64. The summed E-state index contributed by atoms with van der Waals surface area (Å²) < 4.78 is 39.8. The molecule has 2 aromatic heterocycles. The highest BCUT2D eigenvalue weighted by atomic mass is 35.5. The van der Waals surface area contributed by atoms with Gasteiger partial charge in [0.2, 0.25) is 0 Å². The highest BCUT2D eigenvalue weighted by Gasteiger charge is 2.42. The van der Waals surface area contributed by atoms with Crippen LogP contribution in [0.2, 0.25) is 5.02 Å². The molecule has 0 radical (unpaired) electrons. The zero-order chi connectivity index (χ0) is 20.4. The molecule has 29 heavy (non-hydrogen) atoms. The zero-order valence-corrected chi connectivity index (χ0v) is 16.2. The quantitative estimate of drug-likeness (QED) is 0.552. The SMILES string of the molecule is FC(F)(F)C1CCCN(c2cc(-c3ccc(Cl)cc3)nc(-c3cccnc3)n2)C1. The first-order valence-electron chi connectivity index (χ1n) is 9.27. The van der Waals surface area contributed by atoms with Crippen LogP contribution in [0.5, 0.6) is 0 Å². The van der Waals surface area contributed by atoms with E-state index in [1.54, 1.807) is 41.6 Å². The third kappa shape index (κ3) is 4.50. The summed E-state index contributed by atoms with van der Waals surface area (Å²) in [5, 5.41) is 0.597. The number of pyridine rings is 1. The van der Waals surface area contributed by atoms with E-state index in [4.69, 9.17) is 11.6 Å². The summed E-state index contributed by atoms with van der Waals surface area (Å²) in [7, 11) is 0. The molecule has 0 bridgehead atoms. The number of aromatic nitrogens is 3. The first-order valence-corrected chi connectivity index (χ1v) is 9.65. The van der Waals surface area contributed by atoms with Gasteiger partial charge in [-0.2, -0.15) is 13.2 Å². The standard InChI is InChI=1S/C21H18ClF3N4/c22-17-7-5-14(6-8-17)18-11-19(28-20(27-18)15-3-1-9-26-12-15)29-10-2-4-16(13-29)21(23,24)25/h1,3,5-9,11-12,16H,2,4,10,13H2. The molecular formula is C21H18ClF3N4. The minimum Gasteiger partial charge on any atom is -0.356 e. The van der Waals surface area contributed by atoms with Gasteiger partial charge in [-0.15, -0.1) is 0 Å². The first kappa shape index (κ1) is 19.6. The van der Waals surface area contributed by atoms with E-state index in [-0.39, 0.29) is 13.0 Å². The van der Waals surface area contributed by atoms with Crippen LogP contribution in [0.15, 0.2) is 54.9 Å². The Labute approximate surface area is 171 Å². The number of halogens is 4. The molecule has 0 N–H and O–H groups in total. The van der Waals surface area contributed by atoms with Gasteiger partial charge in [0.15, 0.2) is 5.82 Å². The summed E-state index contributed by atoms with van der Waals surface area (Å²) in [5.41, 5.74) is 2.14. The van der Waals surface area contributed by atoms with Gasteiger partial charge in [-0.1, -0.05) is 23.7 Å². The van der Waals surface area contributed by atoms with Crippen LogP contribution in [-0.2, 0) is 0 Å². The van der Waals surface area contributed by atoms with Gasteiger partial charge < -0.3 is 4.90 Å². The number of alkyl halides is 3. The number of nitrogens with zero attached hydrogens (tertiary/aromatic N) is 4. The van der Waals surface area contributed by atoms with Gasteiger partial charge in [0.05, 0.1) is 11.6 Å². The van der Waals surface area contributed by atoms with E-state index in [1.807, 2.05) is 18.2 Å². The average molecular weight is 419 g/mol. The van der Waals surface area contributed by atoms with Gasteiger partial charge in [-0.25, -0.2) is 9.97 Å². The van der Waals surface area contributed by atoms with Crippen molar-refractivity contribution in [3.63, 3.8) is 0 Å². The van der Waals surface area contributed by atoms with Crippen LogP contribution in [0.1, 0.15) is 12.8 Å².